The number of anilines is 2. The Hall–Kier alpha value is -0.930. The second kappa shape index (κ2) is 4.07. The lowest BCUT2D eigenvalue weighted by Crippen LogP contribution is -2.35. The molecular weight excluding hydrogens is 200 g/mol. The van der Waals surface area contributed by atoms with Gasteiger partial charge in [0.1, 0.15) is 0 Å². The van der Waals surface area contributed by atoms with Crippen molar-refractivity contribution in [2.24, 2.45) is 0 Å². The van der Waals surface area contributed by atoms with Crippen LogP contribution in [0.4, 0.5) is 11.4 Å². The van der Waals surface area contributed by atoms with Gasteiger partial charge in [-0.3, -0.25) is 0 Å². The van der Waals surface area contributed by atoms with Gasteiger partial charge >= 0.3 is 0 Å². The number of rotatable bonds is 3. The SMILES string of the molecule is CC(C)(CO)Nc1ccc(Cl)cc1N. The van der Waals surface area contributed by atoms with Crippen molar-refractivity contribution in [3.63, 3.8) is 0 Å². The van der Waals surface area contributed by atoms with E-state index in [-0.39, 0.29) is 12.1 Å². The third-order valence-corrected chi connectivity index (χ3v) is 2.12. The van der Waals surface area contributed by atoms with Gasteiger partial charge in [-0.15, -0.1) is 0 Å². The van der Waals surface area contributed by atoms with E-state index in [1.807, 2.05) is 13.8 Å². The highest BCUT2D eigenvalue weighted by Crippen LogP contribution is 2.25. The monoisotopic (exact) mass is 214 g/mol. The maximum atomic E-state index is 9.07. The van der Waals surface area contributed by atoms with Crippen LogP contribution in [-0.2, 0) is 0 Å². The van der Waals surface area contributed by atoms with Crippen molar-refractivity contribution in [2.75, 3.05) is 17.7 Å². The molecule has 0 bridgehead atoms. The Morgan fingerprint density at radius 2 is 2.14 bits per heavy atom. The third kappa shape index (κ3) is 2.79. The maximum absolute atomic E-state index is 9.07. The summed E-state index contributed by atoms with van der Waals surface area (Å²) >= 11 is 5.76. The summed E-state index contributed by atoms with van der Waals surface area (Å²) in [4.78, 5) is 0. The summed E-state index contributed by atoms with van der Waals surface area (Å²) < 4.78 is 0. The molecule has 14 heavy (non-hydrogen) atoms. The Labute approximate surface area is 88.9 Å². The van der Waals surface area contributed by atoms with E-state index in [0.717, 1.165) is 5.69 Å². The number of hydrogen-bond donors (Lipinski definition) is 3. The molecule has 0 aromatic heterocycles. The van der Waals surface area contributed by atoms with E-state index in [0.29, 0.717) is 10.7 Å². The van der Waals surface area contributed by atoms with Crippen LogP contribution in [0.25, 0.3) is 0 Å². The zero-order valence-electron chi connectivity index (χ0n) is 8.34. The molecule has 0 saturated heterocycles. The number of benzene rings is 1. The van der Waals surface area contributed by atoms with Crippen molar-refractivity contribution in [3.8, 4) is 0 Å². The van der Waals surface area contributed by atoms with Crippen LogP contribution in [0, 0.1) is 0 Å². The van der Waals surface area contributed by atoms with Gasteiger partial charge in [-0.25, -0.2) is 0 Å². The average Bonchev–Trinajstić information content (AvgIpc) is 2.10. The highest BCUT2D eigenvalue weighted by Gasteiger charge is 2.16. The fraction of sp³-hybridized carbons (Fsp3) is 0.400. The van der Waals surface area contributed by atoms with Crippen LogP contribution in [0.5, 0.6) is 0 Å². The molecule has 0 aliphatic heterocycles. The van der Waals surface area contributed by atoms with E-state index >= 15 is 0 Å². The summed E-state index contributed by atoms with van der Waals surface area (Å²) in [6.45, 7) is 3.82. The third-order valence-electron chi connectivity index (χ3n) is 1.88. The molecule has 0 atom stereocenters. The fourth-order valence-electron chi connectivity index (χ4n) is 1.05. The minimum atomic E-state index is -0.387. The largest absolute Gasteiger partial charge is 0.397 e. The van der Waals surface area contributed by atoms with Crippen LogP contribution in [0.1, 0.15) is 13.8 Å². The van der Waals surface area contributed by atoms with Crippen molar-refractivity contribution in [3.05, 3.63) is 23.2 Å². The lowest BCUT2D eigenvalue weighted by Gasteiger charge is -2.25. The van der Waals surface area contributed by atoms with Gasteiger partial charge in [0, 0.05) is 5.02 Å². The van der Waals surface area contributed by atoms with Crippen molar-refractivity contribution >= 4 is 23.0 Å². The number of aliphatic hydroxyl groups is 1. The summed E-state index contributed by atoms with van der Waals surface area (Å²) in [7, 11) is 0. The molecule has 0 amide bonds. The predicted octanol–water partition coefficient (Wildman–Crippen LogP) is 2.10. The molecule has 0 heterocycles. The predicted molar refractivity (Wildman–Crippen MR) is 60.7 cm³/mol. The minimum absolute atomic E-state index is 0.0368. The van der Waals surface area contributed by atoms with Gasteiger partial charge in [-0.2, -0.15) is 0 Å². The van der Waals surface area contributed by atoms with E-state index < -0.39 is 0 Å². The molecule has 1 rings (SSSR count). The second-order valence-corrected chi connectivity index (χ2v) is 4.34. The molecule has 0 aliphatic rings. The highest BCUT2D eigenvalue weighted by molar-refractivity contribution is 6.31. The van der Waals surface area contributed by atoms with Gasteiger partial charge in [0.15, 0.2) is 0 Å². The molecule has 3 nitrogen and oxygen atoms in total. The van der Waals surface area contributed by atoms with Gasteiger partial charge in [-0.05, 0) is 32.0 Å². The van der Waals surface area contributed by atoms with Crippen molar-refractivity contribution < 1.29 is 5.11 Å². The van der Waals surface area contributed by atoms with E-state index in [1.54, 1.807) is 18.2 Å². The molecule has 0 spiro atoms. The second-order valence-electron chi connectivity index (χ2n) is 3.90. The van der Waals surface area contributed by atoms with Crippen LogP contribution >= 0.6 is 11.6 Å². The number of nitrogens with two attached hydrogens (primary N) is 1. The van der Waals surface area contributed by atoms with Crippen LogP contribution in [0.2, 0.25) is 5.02 Å². The van der Waals surface area contributed by atoms with Crippen LogP contribution < -0.4 is 11.1 Å². The minimum Gasteiger partial charge on any atom is -0.397 e. The summed E-state index contributed by atoms with van der Waals surface area (Å²) in [6.07, 6.45) is 0. The van der Waals surface area contributed by atoms with Gasteiger partial charge in [0.25, 0.3) is 0 Å². The smallest absolute Gasteiger partial charge is 0.0656 e. The van der Waals surface area contributed by atoms with Crippen molar-refractivity contribution in [1.82, 2.24) is 0 Å². The molecule has 78 valence electrons. The van der Waals surface area contributed by atoms with Crippen LogP contribution in [0.3, 0.4) is 0 Å². The molecule has 4 heteroatoms. The summed E-state index contributed by atoms with van der Waals surface area (Å²) in [5.74, 6) is 0. The first-order valence-electron chi connectivity index (χ1n) is 4.39. The first-order chi connectivity index (χ1) is 6.44. The standard InChI is InChI=1S/C10H15ClN2O/c1-10(2,6-14)13-9-4-3-7(11)5-8(9)12/h3-5,13-14H,6,12H2,1-2H3. The number of halogens is 1. The number of aliphatic hydroxyl groups excluding tert-OH is 1. The van der Waals surface area contributed by atoms with E-state index in [4.69, 9.17) is 22.4 Å². The molecule has 0 unspecified atom stereocenters. The van der Waals surface area contributed by atoms with E-state index in [1.165, 1.54) is 0 Å². The quantitative estimate of drug-likeness (QED) is 0.676. The van der Waals surface area contributed by atoms with Gasteiger partial charge < -0.3 is 16.2 Å². The zero-order chi connectivity index (χ0) is 10.8. The fourth-order valence-corrected chi connectivity index (χ4v) is 1.23. The van der Waals surface area contributed by atoms with Crippen LogP contribution in [0.15, 0.2) is 18.2 Å². The van der Waals surface area contributed by atoms with Gasteiger partial charge in [0.2, 0.25) is 0 Å². The van der Waals surface area contributed by atoms with E-state index in [9.17, 15) is 0 Å². The molecule has 1 aromatic rings. The van der Waals surface area contributed by atoms with Gasteiger partial charge in [-0.1, -0.05) is 11.6 Å². The topological polar surface area (TPSA) is 58.3 Å². The Balaban J connectivity index is 2.87. The molecule has 1 aromatic carbocycles. The zero-order valence-corrected chi connectivity index (χ0v) is 9.10. The van der Waals surface area contributed by atoms with Gasteiger partial charge in [0.05, 0.1) is 23.5 Å². The maximum Gasteiger partial charge on any atom is 0.0656 e. The lowest BCUT2D eigenvalue weighted by molar-refractivity contribution is 0.234. The highest BCUT2D eigenvalue weighted by atomic mass is 35.5. The first-order valence-corrected chi connectivity index (χ1v) is 4.76. The Bertz CT molecular complexity index is 326. The Kier molecular flexibility index (Phi) is 3.24. The van der Waals surface area contributed by atoms with Crippen molar-refractivity contribution in [2.45, 2.75) is 19.4 Å². The Morgan fingerprint density at radius 3 is 2.64 bits per heavy atom. The molecule has 4 N–H and O–H groups in total. The summed E-state index contributed by atoms with van der Waals surface area (Å²) in [5.41, 5.74) is 6.74. The van der Waals surface area contributed by atoms with E-state index in [2.05, 4.69) is 5.32 Å². The molecule has 0 aliphatic carbocycles. The molecule has 0 saturated carbocycles. The molecule has 0 fully saturated rings. The number of nitrogens with one attached hydrogen (secondary N) is 1. The number of nitrogen functional groups attached to an aromatic ring is 1. The molecular formula is C10H15ClN2O. The normalized spacial score (nSPS) is 11.4. The first kappa shape index (κ1) is 11.1. The average molecular weight is 215 g/mol. The molecule has 0 radical (unpaired) electrons. The Morgan fingerprint density at radius 1 is 1.50 bits per heavy atom. The van der Waals surface area contributed by atoms with Crippen LogP contribution in [-0.4, -0.2) is 17.3 Å². The lowest BCUT2D eigenvalue weighted by atomic mass is 10.1. The summed E-state index contributed by atoms with van der Waals surface area (Å²) in [6, 6.07) is 5.24. The summed E-state index contributed by atoms with van der Waals surface area (Å²) in [5, 5.41) is 12.8. The number of hydrogen-bond acceptors (Lipinski definition) is 3. The van der Waals surface area contributed by atoms with Crippen molar-refractivity contribution in [1.29, 1.82) is 0 Å².